The van der Waals surface area contributed by atoms with Gasteiger partial charge in [0, 0.05) is 28.7 Å². The standard InChI is InChI=1S/C23H19Cl2N/c24-20-12-10-18(11-13-20)22(25)14-19-16-26(15-17-6-2-1-3-7-17)23-9-5-4-8-21(19)23/h1-13,16,22H,14-15H2. The molecule has 0 aliphatic carbocycles. The van der Waals surface area contributed by atoms with Crippen LogP contribution >= 0.6 is 23.2 Å². The minimum atomic E-state index is -0.0803. The van der Waals surface area contributed by atoms with Crippen molar-refractivity contribution < 1.29 is 0 Å². The molecule has 1 nitrogen and oxygen atoms in total. The molecule has 4 rings (SSSR count). The lowest BCUT2D eigenvalue weighted by Gasteiger charge is -2.09. The molecular formula is C23H19Cl2N. The summed E-state index contributed by atoms with van der Waals surface area (Å²) in [5.41, 5.74) is 4.90. The normalized spacial score (nSPS) is 12.4. The molecule has 0 saturated heterocycles. The molecule has 0 amide bonds. The molecule has 0 aliphatic heterocycles. The first-order valence-corrected chi connectivity index (χ1v) is 9.52. The van der Waals surface area contributed by atoms with Crippen molar-refractivity contribution in [2.75, 3.05) is 0 Å². The summed E-state index contributed by atoms with van der Waals surface area (Å²) < 4.78 is 2.31. The number of hydrogen-bond acceptors (Lipinski definition) is 0. The van der Waals surface area contributed by atoms with Crippen LogP contribution in [0.3, 0.4) is 0 Å². The van der Waals surface area contributed by atoms with Gasteiger partial charge >= 0.3 is 0 Å². The summed E-state index contributed by atoms with van der Waals surface area (Å²) in [4.78, 5) is 0. The smallest absolute Gasteiger partial charge is 0.0626 e. The maximum atomic E-state index is 6.71. The van der Waals surface area contributed by atoms with Gasteiger partial charge in [0.1, 0.15) is 0 Å². The molecular weight excluding hydrogens is 361 g/mol. The summed E-state index contributed by atoms with van der Waals surface area (Å²) in [5.74, 6) is 0. The van der Waals surface area contributed by atoms with E-state index < -0.39 is 0 Å². The Morgan fingerprint density at radius 1 is 0.808 bits per heavy atom. The van der Waals surface area contributed by atoms with Crippen molar-refractivity contribution in [2.45, 2.75) is 18.3 Å². The largest absolute Gasteiger partial charge is 0.343 e. The van der Waals surface area contributed by atoms with E-state index in [0.717, 1.165) is 23.6 Å². The highest BCUT2D eigenvalue weighted by molar-refractivity contribution is 6.30. The number of hydrogen-bond donors (Lipinski definition) is 0. The van der Waals surface area contributed by atoms with Crippen molar-refractivity contribution in [2.24, 2.45) is 0 Å². The highest BCUT2D eigenvalue weighted by atomic mass is 35.5. The van der Waals surface area contributed by atoms with Crippen molar-refractivity contribution >= 4 is 34.1 Å². The van der Waals surface area contributed by atoms with E-state index in [2.05, 4.69) is 59.3 Å². The number of rotatable bonds is 5. The molecule has 0 saturated carbocycles. The monoisotopic (exact) mass is 379 g/mol. The van der Waals surface area contributed by atoms with Gasteiger partial charge in [-0.1, -0.05) is 72.3 Å². The predicted molar refractivity (Wildman–Crippen MR) is 111 cm³/mol. The van der Waals surface area contributed by atoms with Gasteiger partial charge in [-0.15, -0.1) is 11.6 Å². The number of aromatic nitrogens is 1. The molecule has 1 aromatic heterocycles. The summed E-state index contributed by atoms with van der Waals surface area (Å²) in [6.45, 7) is 0.856. The van der Waals surface area contributed by atoms with Crippen LogP contribution in [0.4, 0.5) is 0 Å². The number of para-hydroxylation sites is 1. The van der Waals surface area contributed by atoms with Gasteiger partial charge in [-0.2, -0.15) is 0 Å². The van der Waals surface area contributed by atoms with Crippen molar-refractivity contribution in [1.29, 1.82) is 0 Å². The molecule has 0 N–H and O–H groups in total. The Hall–Kier alpha value is -2.22. The van der Waals surface area contributed by atoms with E-state index in [-0.39, 0.29) is 5.38 Å². The molecule has 1 unspecified atom stereocenters. The fraction of sp³-hybridized carbons (Fsp3) is 0.130. The zero-order chi connectivity index (χ0) is 17.9. The summed E-state index contributed by atoms with van der Waals surface area (Å²) in [7, 11) is 0. The Morgan fingerprint density at radius 3 is 2.27 bits per heavy atom. The van der Waals surface area contributed by atoms with Gasteiger partial charge in [-0.05, 0) is 41.3 Å². The first-order chi connectivity index (χ1) is 12.7. The minimum Gasteiger partial charge on any atom is -0.343 e. The van der Waals surface area contributed by atoms with E-state index in [1.165, 1.54) is 22.0 Å². The third kappa shape index (κ3) is 3.65. The first kappa shape index (κ1) is 17.2. The van der Waals surface area contributed by atoms with Crippen LogP contribution < -0.4 is 0 Å². The maximum absolute atomic E-state index is 6.71. The van der Waals surface area contributed by atoms with Gasteiger partial charge in [-0.25, -0.2) is 0 Å². The van der Waals surface area contributed by atoms with Crippen molar-refractivity contribution in [3.8, 4) is 0 Å². The van der Waals surface area contributed by atoms with Crippen LogP contribution in [-0.4, -0.2) is 4.57 Å². The topological polar surface area (TPSA) is 4.93 Å². The zero-order valence-electron chi connectivity index (χ0n) is 14.3. The molecule has 0 aliphatic rings. The van der Waals surface area contributed by atoms with Gasteiger partial charge in [0.05, 0.1) is 5.38 Å². The van der Waals surface area contributed by atoms with Crippen LogP contribution in [0, 0.1) is 0 Å². The Bertz CT molecular complexity index is 1000. The van der Waals surface area contributed by atoms with Crippen molar-refractivity contribution in [3.63, 3.8) is 0 Å². The Kier molecular flexibility index (Phi) is 5.01. The van der Waals surface area contributed by atoms with Crippen LogP contribution in [0.25, 0.3) is 10.9 Å². The Labute approximate surface area is 163 Å². The molecule has 0 bridgehead atoms. The van der Waals surface area contributed by atoms with Crippen LogP contribution in [0.1, 0.15) is 22.1 Å². The van der Waals surface area contributed by atoms with E-state index >= 15 is 0 Å². The molecule has 1 heterocycles. The third-order valence-electron chi connectivity index (χ3n) is 4.70. The second-order valence-corrected chi connectivity index (χ2v) is 7.47. The Balaban J connectivity index is 1.66. The number of halogens is 2. The number of fused-ring (bicyclic) bond motifs is 1. The number of nitrogens with zero attached hydrogens (tertiary/aromatic N) is 1. The van der Waals surface area contributed by atoms with E-state index in [4.69, 9.17) is 23.2 Å². The van der Waals surface area contributed by atoms with Crippen molar-refractivity contribution in [3.05, 3.63) is 107 Å². The summed E-state index contributed by atoms with van der Waals surface area (Å²) >= 11 is 12.7. The van der Waals surface area contributed by atoms with Crippen LogP contribution in [0.2, 0.25) is 5.02 Å². The molecule has 0 radical (unpaired) electrons. The predicted octanol–water partition coefficient (Wildman–Crippen LogP) is 6.87. The molecule has 1 atom stereocenters. The lowest BCUT2D eigenvalue weighted by atomic mass is 10.0. The van der Waals surface area contributed by atoms with Gasteiger partial charge in [0.15, 0.2) is 0 Å². The summed E-state index contributed by atoms with van der Waals surface area (Å²) in [6, 6.07) is 26.8. The van der Waals surface area contributed by atoms with Crippen LogP contribution in [-0.2, 0) is 13.0 Å². The Morgan fingerprint density at radius 2 is 1.50 bits per heavy atom. The molecule has 26 heavy (non-hydrogen) atoms. The maximum Gasteiger partial charge on any atom is 0.0626 e. The lowest BCUT2D eigenvalue weighted by molar-refractivity contribution is 0.823. The highest BCUT2D eigenvalue weighted by Crippen LogP contribution is 2.31. The zero-order valence-corrected chi connectivity index (χ0v) is 15.8. The molecule has 3 aromatic carbocycles. The number of benzene rings is 3. The molecule has 3 heteroatoms. The fourth-order valence-electron chi connectivity index (χ4n) is 3.38. The molecule has 0 fully saturated rings. The third-order valence-corrected chi connectivity index (χ3v) is 5.36. The van der Waals surface area contributed by atoms with Gasteiger partial charge < -0.3 is 4.57 Å². The van der Waals surface area contributed by atoms with Crippen LogP contribution in [0.5, 0.6) is 0 Å². The van der Waals surface area contributed by atoms with Gasteiger partial charge in [0.25, 0.3) is 0 Å². The van der Waals surface area contributed by atoms with E-state index in [0.29, 0.717) is 0 Å². The summed E-state index contributed by atoms with van der Waals surface area (Å²) in [5, 5.41) is 1.92. The van der Waals surface area contributed by atoms with Gasteiger partial charge in [-0.3, -0.25) is 0 Å². The second kappa shape index (κ2) is 7.57. The second-order valence-electron chi connectivity index (χ2n) is 6.51. The number of alkyl halides is 1. The van der Waals surface area contributed by atoms with E-state index in [9.17, 15) is 0 Å². The average Bonchev–Trinajstić information content (AvgIpc) is 3.01. The van der Waals surface area contributed by atoms with Gasteiger partial charge in [0.2, 0.25) is 0 Å². The molecule has 4 aromatic rings. The average molecular weight is 380 g/mol. The highest BCUT2D eigenvalue weighted by Gasteiger charge is 2.14. The minimum absolute atomic E-state index is 0.0803. The fourth-order valence-corrected chi connectivity index (χ4v) is 3.82. The lowest BCUT2D eigenvalue weighted by Crippen LogP contribution is -1.98. The molecule has 130 valence electrons. The van der Waals surface area contributed by atoms with Crippen molar-refractivity contribution in [1.82, 2.24) is 4.57 Å². The quantitative estimate of drug-likeness (QED) is 0.333. The van der Waals surface area contributed by atoms with Crippen LogP contribution in [0.15, 0.2) is 85.1 Å². The van der Waals surface area contributed by atoms with E-state index in [1.807, 2.05) is 30.3 Å². The SMILES string of the molecule is Clc1ccc(C(Cl)Cc2cn(Cc3ccccc3)c3ccccc23)cc1. The first-order valence-electron chi connectivity index (χ1n) is 8.71. The molecule has 0 spiro atoms. The van der Waals surface area contributed by atoms with E-state index in [1.54, 1.807) is 0 Å². The summed E-state index contributed by atoms with van der Waals surface area (Å²) in [6.07, 6.45) is 3.02.